The van der Waals surface area contributed by atoms with E-state index in [2.05, 4.69) is 10.6 Å². The summed E-state index contributed by atoms with van der Waals surface area (Å²) in [5.41, 5.74) is 1.19. The standard InChI is InChI=1S/C30H43N3O5/c1-9-18-33(25(26(35)32-29(3,4)5)22-14-10-20(2)11-15-22)27(36)24(31-28(37)38-30(6,7)8)19-21-12-16-23(34)17-13-21/h10-17,24-25,34H,9,18-19H2,1-8H3,(H,31,37)(H,32,35). The number of aryl methyl sites for hydroxylation is 1. The largest absolute Gasteiger partial charge is 0.508 e. The molecular formula is C30H43N3O5. The molecule has 0 radical (unpaired) electrons. The molecule has 0 spiro atoms. The van der Waals surface area contributed by atoms with Crippen LogP contribution in [0.2, 0.25) is 0 Å². The number of benzene rings is 2. The van der Waals surface area contributed by atoms with Crippen molar-refractivity contribution in [1.29, 1.82) is 0 Å². The number of phenols is 1. The van der Waals surface area contributed by atoms with Crippen LogP contribution in [0.3, 0.4) is 0 Å². The third kappa shape index (κ3) is 9.72. The Balaban J connectivity index is 2.53. The molecule has 0 saturated heterocycles. The normalized spacial score (nSPS) is 13.3. The van der Waals surface area contributed by atoms with Gasteiger partial charge in [0, 0.05) is 18.5 Å². The molecule has 0 saturated carbocycles. The van der Waals surface area contributed by atoms with Gasteiger partial charge in [-0.15, -0.1) is 0 Å². The van der Waals surface area contributed by atoms with Crippen LogP contribution in [-0.2, 0) is 20.7 Å². The van der Waals surface area contributed by atoms with Crippen LogP contribution in [0, 0.1) is 6.92 Å². The summed E-state index contributed by atoms with van der Waals surface area (Å²) in [6.07, 6.45) is 0.0344. The van der Waals surface area contributed by atoms with E-state index >= 15 is 0 Å². The van der Waals surface area contributed by atoms with Crippen LogP contribution in [0.4, 0.5) is 4.79 Å². The third-order valence-electron chi connectivity index (χ3n) is 5.56. The van der Waals surface area contributed by atoms with Gasteiger partial charge in [-0.25, -0.2) is 4.79 Å². The Bertz CT molecular complexity index is 1080. The Kier molecular flexibility index (Phi) is 10.3. The molecule has 208 valence electrons. The Morgan fingerprint density at radius 3 is 2.03 bits per heavy atom. The molecule has 2 atom stereocenters. The van der Waals surface area contributed by atoms with Gasteiger partial charge in [-0.2, -0.15) is 0 Å². The lowest BCUT2D eigenvalue weighted by molar-refractivity contribution is -0.143. The Morgan fingerprint density at radius 1 is 0.947 bits per heavy atom. The minimum absolute atomic E-state index is 0.0997. The van der Waals surface area contributed by atoms with E-state index in [1.807, 2.05) is 58.9 Å². The van der Waals surface area contributed by atoms with Gasteiger partial charge in [-0.3, -0.25) is 9.59 Å². The van der Waals surface area contributed by atoms with E-state index in [4.69, 9.17) is 4.74 Å². The molecule has 3 N–H and O–H groups in total. The average Bonchev–Trinajstić information content (AvgIpc) is 2.78. The van der Waals surface area contributed by atoms with Crippen LogP contribution in [0.25, 0.3) is 0 Å². The second-order valence-corrected chi connectivity index (χ2v) is 11.7. The van der Waals surface area contributed by atoms with Crippen LogP contribution in [0.1, 0.15) is 77.6 Å². The SMILES string of the molecule is CCCN(C(=O)C(Cc1ccc(O)cc1)NC(=O)OC(C)(C)C)C(C(=O)NC(C)(C)C)c1ccc(C)cc1. The molecular weight excluding hydrogens is 482 g/mol. The van der Waals surface area contributed by atoms with E-state index in [0.717, 1.165) is 11.1 Å². The molecule has 8 nitrogen and oxygen atoms in total. The number of phenolic OH excluding ortho intramolecular Hbond substituents is 1. The maximum atomic E-state index is 14.2. The summed E-state index contributed by atoms with van der Waals surface area (Å²) < 4.78 is 5.45. The smallest absolute Gasteiger partial charge is 0.408 e. The Labute approximate surface area is 226 Å². The van der Waals surface area contributed by atoms with Gasteiger partial charge in [0.1, 0.15) is 23.4 Å². The lowest BCUT2D eigenvalue weighted by Gasteiger charge is -2.36. The van der Waals surface area contributed by atoms with Crippen molar-refractivity contribution in [3.63, 3.8) is 0 Å². The Morgan fingerprint density at radius 2 is 1.53 bits per heavy atom. The van der Waals surface area contributed by atoms with E-state index in [9.17, 15) is 19.5 Å². The summed E-state index contributed by atoms with van der Waals surface area (Å²) in [6, 6.07) is 12.1. The van der Waals surface area contributed by atoms with Crippen molar-refractivity contribution < 1.29 is 24.2 Å². The summed E-state index contributed by atoms with van der Waals surface area (Å²) in [5, 5.41) is 15.4. The minimum Gasteiger partial charge on any atom is -0.508 e. The first-order valence-corrected chi connectivity index (χ1v) is 13.1. The van der Waals surface area contributed by atoms with Crippen molar-refractivity contribution in [2.75, 3.05) is 6.54 Å². The van der Waals surface area contributed by atoms with Gasteiger partial charge in [0.2, 0.25) is 11.8 Å². The van der Waals surface area contributed by atoms with Crippen molar-refractivity contribution in [2.45, 2.75) is 91.5 Å². The lowest BCUT2D eigenvalue weighted by atomic mass is 9.98. The van der Waals surface area contributed by atoms with E-state index in [1.165, 1.54) is 17.0 Å². The number of hydrogen-bond acceptors (Lipinski definition) is 5. The van der Waals surface area contributed by atoms with Gasteiger partial charge < -0.3 is 25.4 Å². The first kappa shape index (κ1) is 30.7. The number of amides is 3. The number of nitrogens with one attached hydrogen (secondary N) is 2. The minimum atomic E-state index is -1.00. The molecule has 0 fully saturated rings. The molecule has 3 amide bonds. The average molecular weight is 526 g/mol. The zero-order valence-corrected chi connectivity index (χ0v) is 23.9. The third-order valence-corrected chi connectivity index (χ3v) is 5.56. The summed E-state index contributed by atoms with van der Waals surface area (Å²) in [6.45, 7) is 15.1. The number of carbonyl (C=O) groups excluding carboxylic acids is 3. The number of carbonyl (C=O) groups is 3. The maximum absolute atomic E-state index is 14.2. The van der Waals surface area contributed by atoms with Crippen molar-refractivity contribution in [1.82, 2.24) is 15.5 Å². The predicted octanol–water partition coefficient (Wildman–Crippen LogP) is 5.03. The number of alkyl carbamates (subject to hydrolysis) is 1. The van der Waals surface area contributed by atoms with Gasteiger partial charge in [0.05, 0.1) is 0 Å². The highest BCUT2D eigenvalue weighted by molar-refractivity contribution is 5.92. The topological polar surface area (TPSA) is 108 Å². The summed E-state index contributed by atoms with van der Waals surface area (Å²) in [7, 11) is 0. The van der Waals surface area contributed by atoms with Crippen molar-refractivity contribution in [2.24, 2.45) is 0 Å². The first-order chi connectivity index (χ1) is 17.6. The van der Waals surface area contributed by atoms with Gasteiger partial charge in [0.25, 0.3) is 0 Å². The molecule has 0 aliphatic rings. The highest BCUT2D eigenvalue weighted by Crippen LogP contribution is 2.25. The quantitative estimate of drug-likeness (QED) is 0.426. The highest BCUT2D eigenvalue weighted by atomic mass is 16.6. The molecule has 0 aliphatic carbocycles. The summed E-state index contributed by atoms with van der Waals surface area (Å²) in [4.78, 5) is 42.1. The number of nitrogens with zero attached hydrogens (tertiary/aromatic N) is 1. The van der Waals surface area contributed by atoms with Crippen LogP contribution in [-0.4, -0.2) is 51.6 Å². The second-order valence-electron chi connectivity index (χ2n) is 11.7. The monoisotopic (exact) mass is 525 g/mol. The van der Waals surface area contributed by atoms with E-state index in [0.29, 0.717) is 18.5 Å². The fourth-order valence-corrected chi connectivity index (χ4v) is 3.98. The lowest BCUT2D eigenvalue weighted by Crippen LogP contribution is -2.55. The predicted molar refractivity (Wildman–Crippen MR) is 149 cm³/mol. The fraction of sp³-hybridized carbons (Fsp3) is 0.500. The number of rotatable bonds is 9. The van der Waals surface area contributed by atoms with Crippen molar-refractivity contribution >= 4 is 17.9 Å². The van der Waals surface area contributed by atoms with Gasteiger partial charge in [0.15, 0.2) is 0 Å². The number of ether oxygens (including phenoxy) is 1. The van der Waals surface area contributed by atoms with E-state index in [-0.39, 0.29) is 18.1 Å². The zero-order valence-electron chi connectivity index (χ0n) is 23.9. The van der Waals surface area contributed by atoms with Crippen LogP contribution < -0.4 is 10.6 Å². The zero-order chi connectivity index (χ0) is 28.7. The van der Waals surface area contributed by atoms with Crippen LogP contribution in [0.15, 0.2) is 48.5 Å². The highest BCUT2D eigenvalue weighted by Gasteiger charge is 2.37. The molecule has 2 aromatic carbocycles. The molecule has 0 bridgehead atoms. The number of hydrogen-bond donors (Lipinski definition) is 3. The Hall–Kier alpha value is -3.55. The number of aromatic hydroxyl groups is 1. The first-order valence-electron chi connectivity index (χ1n) is 13.1. The second kappa shape index (κ2) is 12.8. The molecule has 0 aliphatic heterocycles. The molecule has 8 heteroatoms. The molecule has 2 rings (SSSR count). The van der Waals surface area contributed by atoms with Crippen LogP contribution in [0.5, 0.6) is 5.75 Å². The van der Waals surface area contributed by atoms with Gasteiger partial charge in [-0.05, 0) is 78.1 Å². The van der Waals surface area contributed by atoms with E-state index < -0.39 is 35.2 Å². The molecule has 38 heavy (non-hydrogen) atoms. The fourth-order valence-electron chi connectivity index (χ4n) is 3.98. The van der Waals surface area contributed by atoms with E-state index in [1.54, 1.807) is 32.9 Å². The molecule has 0 aromatic heterocycles. The van der Waals surface area contributed by atoms with Crippen LogP contribution >= 0.6 is 0 Å². The molecule has 2 unspecified atom stereocenters. The van der Waals surface area contributed by atoms with Gasteiger partial charge >= 0.3 is 6.09 Å². The summed E-state index contributed by atoms with van der Waals surface area (Å²) >= 11 is 0. The summed E-state index contributed by atoms with van der Waals surface area (Å²) in [5.74, 6) is -0.605. The molecule has 0 heterocycles. The maximum Gasteiger partial charge on any atom is 0.408 e. The van der Waals surface area contributed by atoms with Gasteiger partial charge in [-0.1, -0.05) is 48.9 Å². The molecule has 2 aromatic rings. The van der Waals surface area contributed by atoms with Crippen molar-refractivity contribution in [3.8, 4) is 5.75 Å². The van der Waals surface area contributed by atoms with Crippen molar-refractivity contribution in [3.05, 3.63) is 65.2 Å².